The standard InChI is InChI=1S/C27H40N4O6S2/c1-4-5-6-7-8-17-39(35,36)24-12-9-21(10-13-24)29-27(32)25-18-22(31-19-23(20-31)37-16-15-28)11-14-26(25)30(2)38(3,33)34/h9-14,18,23H,4-8,15-17,19-20,28H2,1-3H3,(H,29,32). The van der Waals surface area contributed by atoms with Gasteiger partial charge in [0.25, 0.3) is 5.91 Å². The molecule has 3 rings (SSSR count). The number of amides is 1. The number of rotatable bonds is 15. The molecule has 0 spiro atoms. The summed E-state index contributed by atoms with van der Waals surface area (Å²) in [6, 6.07) is 11.1. The highest BCUT2D eigenvalue weighted by molar-refractivity contribution is 7.92. The van der Waals surface area contributed by atoms with Crippen LogP contribution in [-0.2, 0) is 24.6 Å². The van der Waals surface area contributed by atoms with Crippen LogP contribution in [-0.4, -0.2) is 74.1 Å². The molecule has 2 aromatic carbocycles. The first-order valence-corrected chi connectivity index (χ1v) is 16.7. The Kier molecular flexibility index (Phi) is 10.8. The van der Waals surface area contributed by atoms with Crippen molar-refractivity contribution in [3.05, 3.63) is 48.0 Å². The molecule has 0 saturated carbocycles. The molecule has 2 aromatic rings. The molecule has 1 fully saturated rings. The molecule has 216 valence electrons. The van der Waals surface area contributed by atoms with Crippen LogP contribution in [0.1, 0.15) is 49.4 Å². The Bertz CT molecular complexity index is 1320. The van der Waals surface area contributed by atoms with Crippen LogP contribution in [0, 0.1) is 0 Å². The first kappa shape index (κ1) is 30.9. The predicted octanol–water partition coefficient (Wildman–Crippen LogP) is 3.24. The van der Waals surface area contributed by atoms with Gasteiger partial charge in [-0.25, -0.2) is 16.8 Å². The number of ether oxygens (including phenoxy) is 1. The Morgan fingerprint density at radius 2 is 1.72 bits per heavy atom. The monoisotopic (exact) mass is 580 g/mol. The summed E-state index contributed by atoms with van der Waals surface area (Å²) in [4.78, 5) is 15.6. The summed E-state index contributed by atoms with van der Waals surface area (Å²) in [5.74, 6) is -0.421. The van der Waals surface area contributed by atoms with Crippen molar-refractivity contribution in [1.29, 1.82) is 0 Å². The fraction of sp³-hybridized carbons (Fsp3) is 0.519. The van der Waals surface area contributed by atoms with E-state index in [9.17, 15) is 21.6 Å². The smallest absolute Gasteiger partial charge is 0.257 e. The minimum atomic E-state index is -3.62. The number of benzene rings is 2. The summed E-state index contributed by atoms with van der Waals surface area (Å²) in [5, 5.41) is 2.78. The molecule has 1 amide bonds. The van der Waals surface area contributed by atoms with Crippen molar-refractivity contribution in [2.24, 2.45) is 5.73 Å². The van der Waals surface area contributed by atoms with Gasteiger partial charge in [0.05, 0.1) is 40.9 Å². The maximum atomic E-state index is 13.4. The van der Waals surface area contributed by atoms with Gasteiger partial charge in [0.2, 0.25) is 10.0 Å². The quantitative estimate of drug-likeness (QED) is 0.306. The second-order valence-corrected chi connectivity index (χ2v) is 14.0. The van der Waals surface area contributed by atoms with Crippen molar-refractivity contribution in [2.75, 3.05) is 59.8 Å². The molecule has 0 aromatic heterocycles. The summed E-state index contributed by atoms with van der Waals surface area (Å²) in [6.07, 6.45) is 5.83. The number of anilines is 3. The lowest BCUT2D eigenvalue weighted by Gasteiger charge is -2.41. The Morgan fingerprint density at radius 3 is 2.33 bits per heavy atom. The maximum Gasteiger partial charge on any atom is 0.257 e. The van der Waals surface area contributed by atoms with E-state index in [-0.39, 0.29) is 28.0 Å². The topological polar surface area (TPSA) is 139 Å². The molecule has 39 heavy (non-hydrogen) atoms. The molecule has 0 radical (unpaired) electrons. The van der Waals surface area contributed by atoms with E-state index in [1.165, 1.54) is 19.2 Å². The molecule has 0 unspecified atom stereocenters. The van der Waals surface area contributed by atoms with Crippen molar-refractivity contribution >= 4 is 42.8 Å². The van der Waals surface area contributed by atoms with Crippen LogP contribution in [0.4, 0.5) is 17.1 Å². The minimum absolute atomic E-state index is 0.0512. The number of nitrogens with zero attached hydrogens (tertiary/aromatic N) is 2. The van der Waals surface area contributed by atoms with Gasteiger partial charge in [-0.2, -0.15) is 0 Å². The first-order chi connectivity index (χ1) is 18.5. The third-order valence-corrected chi connectivity index (χ3v) is 9.74. The molecule has 0 bridgehead atoms. The van der Waals surface area contributed by atoms with E-state index in [4.69, 9.17) is 10.5 Å². The zero-order valence-electron chi connectivity index (χ0n) is 22.9. The van der Waals surface area contributed by atoms with Gasteiger partial charge in [-0.05, 0) is 48.9 Å². The molecule has 0 aliphatic carbocycles. The van der Waals surface area contributed by atoms with Gasteiger partial charge in [-0.1, -0.05) is 32.6 Å². The van der Waals surface area contributed by atoms with E-state index < -0.39 is 25.8 Å². The van der Waals surface area contributed by atoms with Gasteiger partial charge < -0.3 is 20.7 Å². The molecule has 1 heterocycles. The van der Waals surface area contributed by atoms with Crippen LogP contribution in [0.3, 0.4) is 0 Å². The molecular formula is C27H40N4O6S2. The van der Waals surface area contributed by atoms with Crippen molar-refractivity contribution in [1.82, 2.24) is 0 Å². The number of sulfone groups is 1. The molecule has 1 aliphatic rings. The Labute approximate surface area is 232 Å². The molecule has 0 atom stereocenters. The normalized spacial score (nSPS) is 14.2. The van der Waals surface area contributed by atoms with Crippen molar-refractivity contribution in [3.8, 4) is 0 Å². The average Bonchev–Trinajstić information content (AvgIpc) is 2.87. The highest BCUT2D eigenvalue weighted by Crippen LogP contribution is 2.31. The second kappa shape index (κ2) is 13.6. The van der Waals surface area contributed by atoms with Gasteiger partial charge in [0.15, 0.2) is 9.84 Å². The third-order valence-electron chi connectivity index (χ3n) is 6.73. The second-order valence-electron chi connectivity index (χ2n) is 9.83. The van der Waals surface area contributed by atoms with E-state index in [0.29, 0.717) is 38.3 Å². The van der Waals surface area contributed by atoms with Crippen LogP contribution in [0.15, 0.2) is 47.4 Å². The summed E-state index contributed by atoms with van der Waals surface area (Å²) in [5.41, 5.74) is 7.07. The van der Waals surface area contributed by atoms with Crippen LogP contribution >= 0.6 is 0 Å². The summed E-state index contributed by atoms with van der Waals surface area (Å²) in [6.45, 7) is 4.30. The van der Waals surface area contributed by atoms with Crippen LogP contribution in [0.25, 0.3) is 0 Å². The lowest BCUT2D eigenvalue weighted by Crippen LogP contribution is -2.52. The zero-order chi connectivity index (χ0) is 28.6. The van der Waals surface area contributed by atoms with Crippen molar-refractivity contribution < 1.29 is 26.4 Å². The largest absolute Gasteiger partial charge is 0.373 e. The van der Waals surface area contributed by atoms with E-state index in [2.05, 4.69) is 12.2 Å². The number of carbonyl (C=O) groups excluding carboxylic acids is 1. The van der Waals surface area contributed by atoms with Crippen molar-refractivity contribution in [3.63, 3.8) is 0 Å². The van der Waals surface area contributed by atoms with Crippen LogP contribution in [0.5, 0.6) is 0 Å². The minimum Gasteiger partial charge on any atom is -0.373 e. The summed E-state index contributed by atoms with van der Waals surface area (Å²) < 4.78 is 56.6. The number of nitrogens with two attached hydrogens (primary N) is 1. The Morgan fingerprint density at radius 1 is 1.05 bits per heavy atom. The van der Waals surface area contributed by atoms with Gasteiger partial charge in [-0.15, -0.1) is 0 Å². The van der Waals surface area contributed by atoms with E-state index in [1.807, 2.05) is 4.90 Å². The summed E-state index contributed by atoms with van der Waals surface area (Å²) >= 11 is 0. The Balaban J connectivity index is 1.75. The van der Waals surface area contributed by atoms with Gasteiger partial charge >= 0.3 is 0 Å². The molecular weight excluding hydrogens is 540 g/mol. The Hall–Kier alpha value is -2.67. The van der Waals surface area contributed by atoms with Crippen molar-refractivity contribution in [2.45, 2.75) is 50.0 Å². The molecule has 1 saturated heterocycles. The molecule has 1 aliphatic heterocycles. The number of unbranched alkanes of at least 4 members (excludes halogenated alkanes) is 4. The fourth-order valence-electron chi connectivity index (χ4n) is 4.30. The van der Waals surface area contributed by atoms with Crippen LogP contribution < -0.4 is 20.3 Å². The van der Waals surface area contributed by atoms with E-state index >= 15 is 0 Å². The number of sulfonamides is 1. The third kappa shape index (κ3) is 8.41. The number of hydrogen-bond donors (Lipinski definition) is 2. The molecule has 12 heteroatoms. The van der Waals surface area contributed by atoms with E-state index in [1.54, 1.807) is 30.3 Å². The maximum absolute atomic E-state index is 13.4. The van der Waals surface area contributed by atoms with Crippen LogP contribution in [0.2, 0.25) is 0 Å². The average molecular weight is 581 g/mol. The number of carbonyl (C=O) groups is 1. The zero-order valence-corrected chi connectivity index (χ0v) is 24.6. The van der Waals surface area contributed by atoms with E-state index in [0.717, 1.165) is 41.9 Å². The highest BCUT2D eigenvalue weighted by Gasteiger charge is 2.29. The van der Waals surface area contributed by atoms with Gasteiger partial charge in [0, 0.05) is 38.1 Å². The number of nitrogens with one attached hydrogen (secondary N) is 1. The lowest BCUT2D eigenvalue weighted by molar-refractivity contribution is 0.0394. The highest BCUT2D eigenvalue weighted by atomic mass is 32.2. The van der Waals surface area contributed by atoms with Gasteiger partial charge in [-0.3, -0.25) is 9.10 Å². The summed E-state index contributed by atoms with van der Waals surface area (Å²) in [7, 11) is -5.64. The molecule has 3 N–H and O–H groups in total. The fourth-order valence-corrected chi connectivity index (χ4v) is 6.19. The van der Waals surface area contributed by atoms with Gasteiger partial charge in [0.1, 0.15) is 0 Å². The molecule has 10 nitrogen and oxygen atoms in total. The number of hydrogen-bond acceptors (Lipinski definition) is 8. The predicted molar refractivity (Wildman–Crippen MR) is 156 cm³/mol. The lowest BCUT2D eigenvalue weighted by atomic mass is 10.1. The SMILES string of the molecule is CCCCCCCS(=O)(=O)c1ccc(NC(=O)c2cc(N3CC(OCCN)C3)ccc2N(C)S(C)(=O)=O)cc1. The first-order valence-electron chi connectivity index (χ1n) is 13.2.